The van der Waals surface area contributed by atoms with Crippen molar-refractivity contribution in [3.63, 3.8) is 0 Å². The van der Waals surface area contributed by atoms with Gasteiger partial charge >= 0.3 is 6.03 Å². The first-order valence-corrected chi connectivity index (χ1v) is 10.2. The van der Waals surface area contributed by atoms with E-state index >= 15 is 0 Å². The molecular weight excluding hydrogens is 353 g/mol. The molecule has 1 aromatic heterocycles. The van der Waals surface area contributed by atoms with E-state index in [2.05, 4.69) is 25.4 Å². The molecule has 2 amide bonds. The minimum atomic E-state index is -0.327. The highest BCUT2D eigenvalue weighted by molar-refractivity contribution is 7.98. The number of nitrogens with zero attached hydrogens (tertiary/aromatic N) is 3. The van der Waals surface area contributed by atoms with Crippen LogP contribution in [0.25, 0.3) is 0 Å². The van der Waals surface area contributed by atoms with Crippen molar-refractivity contribution < 1.29 is 9.18 Å². The molecule has 1 aromatic carbocycles. The highest BCUT2D eigenvalue weighted by Crippen LogP contribution is 2.33. The fourth-order valence-electron chi connectivity index (χ4n) is 3.30. The van der Waals surface area contributed by atoms with Crippen LogP contribution in [0.1, 0.15) is 44.0 Å². The number of anilines is 1. The summed E-state index contributed by atoms with van der Waals surface area (Å²) in [6.45, 7) is 0.541. The van der Waals surface area contributed by atoms with Gasteiger partial charge < -0.3 is 15.2 Å². The van der Waals surface area contributed by atoms with E-state index in [-0.39, 0.29) is 11.8 Å². The second kappa shape index (κ2) is 9.02. The number of aromatic nitrogens is 3. The van der Waals surface area contributed by atoms with Gasteiger partial charge in [0.05, 0.1) is 0 Å². The van der Waals surface area contributed by atoms with Crippen LogP contribution >= 0.6 is 11.8 Å². The minimum Gasteiger partial charge on any atom is -0.338 e. The molecule has 0 radical (unpaired) electrons. The first-order valence-electron chi connectivity index (χ1n) is 8.95. The molecule has 0 saturated heterocycles. The number of benzene rings is 1. The Balaban J connectivity index is 1.47. The third kappa shape index (κ3) is 4.75. The SMILES string of the molecule is CSc1nnc(CCCNC(=O)Nc2ccc(F)cc2)n1C1CCCC1. The van der Waals surface area contributed by atoms with Gasteiger partial charge in [-0.3, -0.25) is 0 Å². The summed E-state index contributed by atoms with van der Waals surface area (Å²) in [5, 5.41) is 15.1. The van der Waals surface area contributed by atoms with Crippen molar-refractivity contribution in [3.05, 3.63) is 35.9 Å². The van der Waals surface area contributed by atoms with Gasteiger partial charge in [0.25, 0.3) is 0 Å². The van der Waals surface area contributed by atoms with E-state index in [0.29, 0.717) is 18.3 Å². The number of thioether (sulfide) groups is 1. The summed E-state index contributed by atoms with van der Waals surface area (Å²) in [7, 11) is 0. The average molecular weight is 377 g/mol. The van der Waals surface area contributed by atoms with E-state index in [0.717, 1.165) is 23.8 Å². The number of carbonyl (C=O) groups is 1. The van der Waals surface area contributed by atoms with Gasteiger partial charge in [-0.25, -0.2) is 9.18 Å². The number of hydrogen-bond acceptors (Lipinski definition) is 4. The zero-order valence-corrected chi connectivity index (χ0v) is 15.7. The van der Waals surface area contributed by atoms with Gasteiger partial charge in [-0.1, -0.05) is 24.6 Å². The maximum absolute atomic E-state index is 12.9. The topological polar surface area (TPSA) is 71.8 Å². The van der Waals surface area contributed by atoms with E-state index in [9.17, 15) is 9.18 Å². The van der Waals surface area contributed by atoms with Crippen molar-refractivity contribution in [2.24, 2.45) is 0 Å². The second-order valence-electron chi connectivity index (χ2n) is 6.40. The molecule has 6 nitrogen and oxygen atoms in total. The Morgan fingerprint density at radius 3 is 2.69 bits per heavy atom. The molecule has 1 saturated carbocycles. The standard InChI is InChI=1S/C18H24FN5OS/c1-26-18-23-22-16(24(18)15-5-2-3-6-15)7-4-12-20-17(25)21-14-10-8-13(19)9-11-14/h8-11,15H,2-7,12H2,1H3,(H2,20,21,25). The quantitative estimate of drug-likeness (QED) is 0.565. The van der Waals surface area contributed by atoms with Crippen LogP contribution in [-0.4, -0.2) is 33.6 Å². The van der Waals surface area contributed by atoms with Crippen LogP contribution in [0, 0.1) is 5.82 Å². The molecule has 140 valence electrons. The summed E-state index contributed by atoms with van der Waals surface area (Å²) in [6, 6.07) is 5.91. The highest BCUT2D eigenvalue weighted by Gasteiger charge is 2.23. The molecule has 2 aromatic rings. The highest BCUT2D eigenvalue weighted by atomic mass is 32.2. The Bertz CT molecular complexity index is 728. The van der Waals surface area contributed by atoms with Crippen LogP contribution in [0.4, 0.5) is 14.9 Å². The van der Waals surface area contributed by atoms with Crippen LogP contribution in [-0.2, 0) is 6.42 Å². The molecule has 2 N–H and O–H groups in total. The fourth-order valence-corrected chi connectivity index (χ4v) is 3.88. The van der Waals surface area contributed by atoms with Crippen molar-refractivity contribution >= 4 is 23.5 Å². The van der Waals surface area contributed by atoms with Crippen LogP contribution < -0.4 is 10.6 Å². The summed E-state index contributed by atoms with van der Waals surface area (Å²) in [4.78, 5) is 11.9. The van der Waals surface area contributed by atoms with E-state index < -0.39 is 0 Å². The Morgan fingerprint density at radius 2 is 2.00 bits per heavy atom. The van der Waals surface area contributed by atoms with Crippen LogP contribution in [0.2, 0.25) is 0 Å². The smallest absolute Gasteiger partial charge is 0.319 e. The Labute approximate surface area is 157 Å². The maximum Gasteiger partial charge on any atom is 0.319 e. The Hall–Kier alpha value is -2.09. The Morgan fingerprint density at radius 1 is 1.27 bits per heavy atom. The van der Waals surface area contributed by atoms with E-state index in [1.54, 1.807) is 11.8 Å². The van der Waals surface area contributed by atoms with Crippen molar-refractivity contribution in [1.29, 1.82) is 0 Å². The predicted molar refractivity (Wildman–Crippen MR) is 101 cm³/mol. The van der Waals surface area contributed by atoms with E-state index in [1.165, 1.54) is 49.9 Å². The number of nitrogens with one attached hydrogen (secondary N) is 2. The third-order valence-electron chi connectivity index (χ3n) is 4.57. The molecule has 0 spiro atoms. The van der Waals surface area contributed by atoms with Gasteiger partial charge in [-0.2, -0.15) is 0 Å². The van der Waals surface area contributed by atoms with Crippen molar-refractivity contribution in [3.8, 4) is 0 Å². The van der Waals surface area contributed by atoms with Crippen LogP contribution in [0.5, 0.6) is 0 Å². The minimum absolute atomic E-state index is 0.293. The summed E-state index contributed by atoms with van der Waals surface area (Å²) < 4.78 is 15.2. The van der Waals surface area contributed by atoms with Crippen molar-refractivity contribution in [2.45, 2.75) is 49.7 Å². The summed E-state index contributed by atoms with van der Waals surface area (Å²) in [6.07, 6.45) is 8.51. The van der Waals surface area contributed by atoms with Gasteiger partial charge in [-0.05, 0) is 49.8 Å². The first kappa shape index (κ1) is 18.7. The van der Waals surface area contributed by atoms with Crippen molar-refractivity contribution in [1.82, 2.24) is 20.1 Å². The van der Waals surface area contributed by atoms with E-state index in [4.69, 9.17) is 0 Å². The van der Waals surface area contributed by atoms with Gasteiger partial charge in [0.2, 0.25) is 0 Å². The molecule has 1 aliphatic carbocycles. The first-order chi connectivity index (χ1) is 12.7. The molecule has 0 unspecified atom stereocenters. The van der Waals surface area contributed by atoms with Crippen LogP contribution in [0.15, 0.2) is 29.4 Å². The van der Waals surface area contributed by atoms with E-state index in [1.807, 2.05) is 6.26 Å². The zero-order chi connectivity index (χ0) is 18.4. The lowest BCUT2D eigenvalue weighted by Gasteiger charge is -2.16. The monoisotopic (exact) mass is 377 g/mol. The lowest BCUT2D eigenvalue weighted by molar-refractivity contribution is 0.252. The largest absolute Gasteiger partial charge is 0.338 e. The van der Waals surface area contributed by atoms with Crippen molar-refractivity contribution in [2.75, 3.05) is 18.1 Å². The third-order valence-corrected chi connectivity index (χ3v) is 5.22. The van der Waals surface area contributed by atoms with Gasteiger partial charge in [0, 0.05) is 24.7 Å². The molecule has 1 aliphatic rings. The Kier molecular flexibility index (Phi) is 6.49. The molecule has 0 bridgehead atoms. The van der Waals surface area contributed by atoms with Gasteiger partial charge in [0.1, 0.15) is 11.6 Å². The fraction of sp³-hybridized carbons (Fsp3) is 0.500. The molecule has 8 heteroatoms. The molecule has 0 atom stereocenters. The number of amides is 2. The number of aryl methyl sites for hydroxylation is 1. The average Bonchev–Trinajstić information content (AvgIpc) is 3.29. The normalized spacial score (nSPS) is 14.5. The number of urea groups is 1. The van der Waals surface area contributed by atoms with Crippen LogP contribution in [0.3, 0.4) is 0 Å². The predicted octanol–water partition coefficient (Wildman–Crippen LogP) is 4.01. The second-order valence-corrected chi connectivity index (χ2v) is 7.18. The lowest BCUT2D eigenvalue weighted by Crippen LogP contribution is -2.29. The number of hydrogen-bond donors (Lipinski definition) is 2. The summed E-state index contributed by atoms with van der Waals surface area (Å²) in [5.74, 6) is 0.675. The summed E-state index contributed by atoms with van der Waals surface area (Å²) in [5.41, 5.74) is 0.564. The number of carbonyl (C=O) groups excluding carboxylic acids is 1. The molecule has 1 heterocycles. The van der Waals surface area contributed by atoms with Gasteiger partial charge in [-0.15, -0.1) is 10.2 Å². The zero-order valence-electron chi connectivity index (χ0n) is 14.9. The molecule has 26 heavy (non-hydrogen) atoms. The molecular formula is C18H24FN5OS. The molecule has 1 fully saturated rings. The molecule has 3 rings (SSSR count). The maximum atomic E-state index is 12.9. The number of halogens is 1. The molecule has 0 aliphatic heterocycles. The number of rotatable bonds is 7. The summed E-state index contributed by atoms with van der Waals surface area (Å²) >= 11 is 1.63. The lowest BCUT2D eigenvalue weighted by atomic mass is 10.2. The van der Waals surface area contributed by atoms with Gasteiger partial charge in [0.15, 0.2) is 5.16 Å².